The van der Waals surface area contributed by atoms with Crippen molar-refractivity contribution in [3.05, 3.63) is 77.7 Å². The maximum atomic E-state index is 13.2. The molecule has 0 saturated heterocycles. The molecule has 0 atom stereocenters. The van der Waals surface area contributed by atoms with Gasteiger partial charge in [-0.3, -0.25) is 4.79 Å². The number of anilines is 3. The molecule has 138 valence electrons. The van der Waals surface area contributed by atoms with Gasteiger partial charge in [0, 0.05) is 5.69 Å². The molecular weight excluding hydrogens is 364 g/mol. The zero-order valence-corrected chi connectivity index (χ0v) is 13.6. The number of aromatic nitrogens is 2. The second-order valence-electron chi connectivity index (χ2n) is 5.44. The summed E-state index contributed by atoms with van der Waals surface area (Å²) in [4.78, 5) is 12.2. The highest BCUT2D eigenvalue weighted by Gasteiger charge is 2.33. The minimum absolute atomic E-state index is 0.170. The average Bonchev–Trinajstić information content (AvgIpc) is 2.62. The minimum Gasteiger partial charge on any atom is -0.339 e. The van der Waals surface area contributed by atoms with Crippen LogP contribution in [0, 0.1) is 5.82 Å². The third-order valence-electron chi connectivity index (χ3n) is 3.47. The molecule has 0 radical (unpaired) electrons. The number of benzene rings is 2. The van der Waals surface area contributed by atoms with E-state index in [1.807, 2.05) is 0 Å². The van der Waals surface area contributed by atoms with Crippen molar-refractivity contribution in [2.75, 3.05) is 10.6 Å². The second-order valence-corrected chi connectivity index (χ2v) is 5.44. The van der Waals surface area contributed by atoms with Crippen molar-refractivity contribution in [3.8, 4) is 0 Å². The lowest BCUT2D eigenvalue weighted by Crippen LogP contribution is -2.18. The third kappa shape index (κ3) is 4.57. The minimum atomic E-state index is -4.60. The van der Waals surface area contributed by atoms with E-state index >= 15 is 0 Å². The summed E-state index contributed by atoms with van der Waals surface area (Å²) in [5, 5.41) is 12.4. The number of para-hydroxylation sites is 1. The van der Waals surface area contributed by atoms with E-state index in [0.29, 0.717) is 5.69 Å². The fraction of sp³-hybridized carbons (Fsp3) is 0.0556. The molecule has 0 saturated carbocycles. The van der Waals surface area contributed by atoms with Crippen molar-refractivity contribution in [1.82, 2.24) is 10.2 Å². The normalized spacial score (nSPS) is 11.1. The van der Waals surface area contributed by atoms with E-state index in [0.717, 1.165) is 12.1 Å². The number of nitrogens with one attached hydrogen (secondary N) is 2. The van der Waals surface area contributed by atoms with Gasteiger partial charge in [-0.25, -0.2) is 4.39 Å². The zero-order valence-electron chi connectivity index (χ0n) is 13.6. The van der Waals surface area contributed by atoms with Gasteiger partial charge in [-0.05, 0) is 42.5 Å². The Kier molecular flexibility index (Phi) is 5.02. The highest BCUT2D eigenvalue weighted by Crippen LogP contribution is 2.34. The first-order valence-corrected chi connectivity index (χ1v) is 7.67. The molecule has 0 aliphatic heterocycles. The van der Waals surface area contributed by atoms with Gasteiger partial charge in [0.2, 0.25) is 0 Å². The maximum absolute atomic E-state index is 13.2. The number of alkyl halides is 3. The van der Waals surface area contributed by atoms with E-state index in [1.54, 1.807) is 6.07 Å². The molecule has 0 aliphatic rings. The first kappa shape index (κ1) is 18.3. The summed E-state index contributed by atoms with van der Waals surface area (Å²) in [6.07, 6.45) is -4.60. The average molecular weight is 376 g/mol. The summed E-state index contributed by atoms with van der Waals surface area (Å²) in [5.74, 6) is -1.03. The molecule has 0 fully saturated rings. The van der Waals surface area contributed by atoms with E-state index in [1.165, 1.54) is 42.5 Å². The Morgan fingerprint density at radius 3 is 2.37 bits per heavy atom. The van der Waals surface area contributed by atoms with Crippen LogP contribution in [0.1, 0.15) is 16.1 Å². The van der Waals surface area contributed by atoms with E-state index in [9.17, 15) is 22.4 Å². The molecular formula is C18H12F4N4O. The van der Waals surface area contributed by atoms with Gasteiger partial charge >= 0.3 is 6.18 Å². The van der Waals surface area contributed by atoms with Crippen molar-refractivity contribution in [1.29, 1.82) is 0 Å². The summed E-state index contributed by atoms with van der Waals surface area (Å²) in [7, 11) is 0. The number of halogens is 4. The first-order valence-electron chi connectivity index (χ1n) is 7.67. The molecule has 1 amide bonds. The molecule has 2 N–H and O–H groups in total. The Labute approximate surface area is 151 Å². The Morgan fingerprint density at radius 1 is 0.926 bits per heavy atom. The van der Waals surface area contributed by atoms with Gasteiger partial charge in [0.15, 0.2) is 11.5 Å². The van der Waals surface area contributed by atoms with Gasteiger partial charge in [-0.1, -0.05) is 18.2 Å². The molecule has 0 spiro atoms. The van der Waals surface area contributed by atoms with Crippen LogP contribution in [0.4, 0.5) is 34.8 Å². The van der Waals surface area contributed by atoms with E-state index in [4.69, 9.17) is 0 Å². The summed E-state index contributed by atoms with van der Waals surface area (Å²) in [5.41, 5.74) is -1.08. The molecule has 3 rings (SSSR count). The Bertz CT molecular complexity index is 958. The van der Waals surface area contributed by atoms with Crippen LogP contribution in [0.25, 0.3) is 0 Å². The number of hydrogen-bond donors (Lipinski definition) is 2. The van der Waals surface area contributed by atoms with E-state index in [2.05, 4.69) is 20.8 Å². The second kappa shape index (κ2) is 7.40. The molecule has 5 nitrogen and oxygen atoms in total. The molecule has 0 unspecified atom stereocenters. The van der Waals surface area contributed by atoms with Crippen molar-refractivity contribution in [3.63, 3.8) is 0 Å². The molecule has 0 aliphatic carbocycles. The maximum Gasteiger partial charge on any atom is 0.418 e. The first-order chi connectivity index (χ1) is 12.8. The van der Waals surface area contributed by atoms with Gasteiger partial charge in [-0.2, -0.15) is 13.2 Å². The number of carbonyl (C=O) groups excluding carboxylic acids is 1. The highest BCUT2D eigenvalue weighted by molar-refractivity contribution is 6.03. The number of amides is 1. The molecule has 9 heteroatoms. The van der Waals surface area contributed by atoms with Crippen LogP contribution < -0.4 is 10.6 Å². The van der Waals surface area contributed by atoms with E-state index < -0.39 is 23.5 Å². The predicted molar refractivity (Wildman–Crippen MR) is 91.1 cm³/mol. The van der Waals surface area contributed by atoms with Crippen molar-refractivity contribution in [2.24, 2.45) is 0 Å². The fourth-order valence-electron chi connectivity index (χ4n) is 2.26. The van der Waals surface area contributed by atoms with Crippen LogP contribution in [0.15, 0.2) is 60.7 Å². The monoisotopic (exact) mass is 376 g/mol. The molecule has 1 heterocycles. The van der Waals surface area contributed by atoms with Crippen LogP contribution in [0.3, 0.4) is 0 Å². The quantitative estimate of drug-likeness (QED) is 0.652. The lowest BCUT2D eigenvalue weighted by atomic mass is 10.1. The van der Waals surface area contributed by atoms with Crippen LogP contribution in [-0.4, -0.2) is 16.1 Å². The summed E-state index contributed by atoms with van der Waals surface area (Å²) < 4.78 is 52.1. The lowest BCUT2D eigenvalue weighted by Gasteiger charge is -2.13. The number of nitrogens with zero attached hydrogens (tertiary/aromatic N) is 2. The van der Waals surface area contributed by atoms with Crippen molar-refractivity contribution >= 4 is 23.1 Å². The summed E-state index contributed by atoms with van der Waals surface area (Å²) >= 11 is 0. The largest absolute Gasteiger partial charge is 0.418 e. The highest BCUT2D eigenvalue weighted by atomic mass is 19.4. The fourth-order valence-corrected chi connectivity index (χ4v) is 2.26. The molecule has 3 aromatic rings. The molecule has 0 bridgehead atoms. The molecule has 27 heavy (non-hydrogen) atoms. The predicted octanol–water partition coefficient (Wildman–Crippen LogP) is 4.63. The van der Waals surface area contributed by atoms with Crippen LogP contribution in [0.5, 0.6) is 0 Å². The molecule has 2 aromatic carbocycles. The van der Waals surface area contributed by atoms with Gasteiger partial charge < -0.3 is 10.6 Å². The zero-order chi connectivity index (χ0) is 19.4. The standard InChI is InChI=1S/C18H12F4N4O/c19-11-4-3-5-12(10-11)23-16-9-8-15(25-26-16)17(27)24-14-7-2-1-6-13(14)18(20,21)22/h1-10H,(H,23,26)(H,24,27). The van der Waals surface area contributed by atoms with Crippen LogP contribution in [0.2, 0.25) is 0 Å². The SMILES string of the molecule is O=C(Nc1ccccc1C(F)(F)F)c1ccc(Nc2cccc(F)c2)nn1. The van der Waals surface area contributed by atoms with Gasteiger partial charge in [-0.15, -0.1) is 10.2 Å². The summed E-state index contributed by atoms with van der Waals surface area (Å²) in [6, 6.07) is 13.0. The van der Waals surface area contributed by atoms with Gasteiger partial charge in [0.25, 0.3) is 5.91 Å². The van der Waals surface area contributed by atoms with Crippen LogP contribution >= 0.6 is 0 Å². The number of carbonyl (C=O) groups is 1. The third-order valence-corrected chi connectivity index (χ3v) is 3.47. The lowest BCUT2D eigenvalue weighted by molar-refractivity contribution is -0.136. The van der Waals surface area contributed by atoms with Crippen molar-refractivity contribution in [2.45, 2.75) is 6.18 Å². The topological polar surface area (TPSA) is 66.9 Å². The van der Waals surface area contributed by atoms with Gasteiger partial charge in [0.05, 0.1) is 11.3 Å². The number of rotatable bonds is 4. The Hall–Kier alpha value is -3.49. The number of hydrogen-bond acceptors (Lipinski definition) is 4. The van der Waals surface area contributed by atoms with Crippen LogP contribution in [-0.2, 0) is 6.18 Å². The Balaban J connectivity index is 1.73. The Morgan fingerprint density at radius 2 is 1.70 bits per heavy atom. The summed E-state index contributed by atoms with van der Waals surface area (Å²) in [6.45, 7) is 0. The smallest absolute Gasteiger partial charge is 0.339 e. The molecule has 1 aromatic heterocycles. The van der Waals surface area contributed by atoms with Crippen molar-refractivity contribution < 1.29 is 22.4 Å². The van der Waals surface area contributed by atoms with E-state index in [-0.39, 0.29) is 17.2 Å². The van der Waals surface area contributed by atoms with Gasteiger partial charge in [0.1, 0.15) is 5.82 Å².